The minimum Gasteiger partial charge on any atom is -0.462 e. The number of piperidine rings is 3. The minimum absolute atomic E-state index is 0.0421. The average molecular weight is 715 g/mol. The Labute approximate surface area is 307 Å². The van der Waals surface area contributed by atoms with Gasteiger partial charge in [-0.2, -0.15) is 0 Å². The lowest BCUT2D eigenvalue weighted by Crippen LogP contribution is -2.56. The summed E-state index contributed by atoms with van der Waals surface area (Å²) in [5, 5.41) is 5.56. The highest BCUT2D eigenvalue weighted by atomic mass is 16.5. The van der Waals surface area contributed by atoms with E-state index in [9.17, 15) is 24.0 Å². The first kappa shape index (κ1) is 37.3. The molecule has 0 aromatic heterocycles. The van der Waals surface area contributed by atoms with Crippen LogP contribution in [0.5, 0.6) is 0 Å². The number of carbonyl (C=O) groups is 5. The number of hydrogen-bond donors (Lipinski definition) is 2. The smallest absolute Gasteiger partial charge is 0.338 e. The van der Waals surface area contributed by atoms with Gasteiger partial charge in [-0.1, -0.05) is 30.7 Å². The molecule has 0 saturated carbocycles. The molecule has 0 unspecified atom stereocenters. The molecule has 280 valence electrons. The fourth-order valence-corrected chi connectivity index (χ4v) is 8.25. The number of anilines is 1. The van der Waals surface area contributed by atoms with Gasteiger partial charge in [-0.15, -0.1) is 0 Å². The normalized spacial score (nSPS) is 19.9. The number of hydrogen-bond acceptors (Lipinski definition) is 7. The summed E-state index contributed by atoms with van der Waals surface area (Å²) in [6, 6.07) is 13.5. The summed E-state index contributed by atoms with van der Waals surface area (Å²) in [5.41, 5.74) is 3.29. The minimum atomic E-state index is -1.04. The number of nitrogens with one attached hydrogen (secondary N) is 2. The van der Waals surface area contributed by atoms with Gasteiger partial charge in [-0.05, 0) is 107 Å². The SMILES string of the molecule is CCOC(=O)c1ccc(NC(=O)N[C@@H](CC(=O)N2CCC(N3Cc4ccccc4CCCC3=O)CC2)C(=O)N2CCC(N3CCCCC3)CC2)cc1. The van der Waals surface area contributed by atoms with E-state index in [2.05, 4.69) is 33.7 Å². The van der Waals surface area contributed by atoms with Crippen LogP contribution in [0.2, 0.25) is 0 Å². The number of nitrogens with zero attached hydrogens (tertiary/aromatic N) is 4. The van der Waals surface area contributed by atoms with E-state index in [0.717, 1.165) is 38.8 Å². The molecule has 6 rings (SSSR count). The van der Waals surface area contributed by atoms with E-state index in [1.807, 2.05) is 11.0 Å². The van der Waals surface area contributed by atoms with Crippen LogP contribution in [0.4, 0.5) is 10.5 Å². The number of aryl methyl sites for hydroxylation is 1. The van der Waals surface area contributed by atoms with Crippen LogP contribution >= 0.6 is 0 Å². The summed E-state index contributed by atoms with van der Waals surface area (Å²) < 4.78 is 5.04. The number of rotatable bonds is 9. The van der Waals surface area contributed by atoms with Gasteiger partial charge in [-0.25, -0.2) is 9.59 Å². The van der Waals surface area contributed by atoms with E-state index in [0.29, 0.717) is 69.3 Å². The van der Waals surface area contributed by atoms with Crippen molar-refractivity contribution < 1.29 is 28.7 Å². The number of carbonyl (C=O) groups excluding carboxylic acids is 5. The maximum atomic E-state index is 14.0. The monoisotopic (exact) mass is 714 g/mol. The van der Waals surface area contributed by atoms with Crippen molar-refractivity contribution in [2.24, 2.45) is 0 Å². The second-order valence-corrected chi connectivity index (χ2v) is 14.6. The second kappa shape index (κ2) is 17.9. The zero-order valence-electron chi connectivity index (χ0n) is 30.5. The molecule has 2 N–H and O–H groups in total. The van der Waals surface area contributed by atoms with Gasteiger partial charge in [0.25, 0.3) is 0 Å². The molecule has 4 heterocycles. The van der Waals surface area contributed by atoms with Gasteiger partial charge in [0, 0.05) is 56.9 Å². The van der Waals surface area contributed by atoms with E-state index in [4.69, 9.17) is 4.74 Å². The van der Waals surface area contributed by atoms with E-state index in [-0.39, 0.29) is 36.8 Å². The number of likely N-dealkylation sites (tertiary alicyclic amines) is 3. The molecule has 4 aliphatic rings. The zero-order chi connectivity index (χ0) is 36.5. The third kappa shape index (κ3) is 9.50. The van der Waals surface area contributed by atoms with Crippen LogP contribution < -0.4 is 10.6 Å². The lowest BCUT2D eigenvalue weighted by atomic mass is 9.95. The Morgan fingerprint density at radius 2 is 1.42 bits per heavy atom. The molecule has 12 nitrogen and oxygen atoms in total. The Morgan fingerprint density at radius 1 is 0.769 bits per heavy atom. The van der Waals surface area contributed by atoms with Crippen molar-refractivity contribution >= 4 is 35.4 Å². The van der Waals surface area contributed by atoms with Gasteiger partial charge in [0.1, 0.15) is 6.04 Å². The highest BCUT2D eigenvalue weighted by Crippen LogP contribution is 2.26. The van der Waals surface area contributed by atoms with Crippen LogP contribution in [-0.4, -0.2) is 113 Å². The van der Waals surface area contributed by atoms with E-state index < -0.39 is 18.0 Å². The van der Waals surface area contributed by atoms with Crippen molar-refractivity contribution in [3.05, 3.63) is 65.2 Å². The first-order valence-electron chi connectivity index (χ1n) is 19.3. The molecule has 3 saturated heterocycles. The Kier molecular flexibility index (Phi) is 12.8. The van der Waals surface area contributed by atoms with Gasteiger partial charge in [0.05, 0.1) is 18.6 Å². The summed E-state index contributed by atoms with van der Waals surface area (Å²) in [6.07, 6.45) is 8.89. The van der Waals surface area contributed by atoms with Gasteiger partial charge >= 0.3 is 12.0 Å². The fraction of sp³-hybridized carbons (Fsp3) is 0.575. The average Bonchev–Trinajstić information content (AvgIpc) is 3.17. The molecule has 3 fully saturated rings. The van der Waals surface area contributed by atoms with Crippen molar-refractivity contribution in [2.75, 3.05) is 51.2 Å². The molecule has 12 heteroatoms. The molecule has 4 aliphatic heterocycles. The number of ether oxygens (including phenoxy) is 1. The van der Waals surface area contributed by atoms with E-state index in [1.54, 1.807) is 41.0 Å². The first-order valence-corrected chi connectivity index (χ1v) is 19.3. The Hall–Kier alpha value is -4.45. The van der Waals surface area contributed by atoms with Crippen molar-refractivity contribution in [1.29, 1.82) is 0 Å². The van der Waals surface area contributed by atoms with Crippen LogP contribution in [0.3, 0.4) is 0 Å². The van der Waals surface area contributed by atoms with Crippen LogP contribution in [-0.2, 0) is 32.1 Å². The third-order valence-electron chi connectivity index (χ3n) is 11.2. The highest BCUT2D eigenvalue weighted by Gasteiger charge is 2.36. The van der Waals surface area contributed by atoms with Crippen LogP contribution in [0.25, 0.3) is 0 Å². The maximum Gasteiger partial charge on any atom is 0.338 e. The topological polar surface area (TPSA) is 132 Å². The number of amides is 5. The lowest BCUT2D eigenvalue weighted by molar-refractivity contribution is -0.141. The largest absolute Gasteiger partial charge is 0.462 e. The second-order valence-electron chi connectivity index (χ2n) is 14.6. The number of benzene rings is 2. The van der Waals surface area contributed by atoms with E-state index in [1.165, 1.54) is 30.4 Å². The third-order valence-corrected chi connectivity index (χ3v) is 11.2. The fourth-order valence-electron chi connectivity index (χ4n) is 8.25. The molecule has 52 heavy (non-hydrogen) atoms. The molecular formula is C40H54N6O6. The summed E-state index contributed by atoms with van der Waals surface area (Å²) in [7, 11) is 0. The molecule has 1 atom stereocenters. The molecular weight excluding hydrogens is 660 g/mol. The Bertz CT molecular complexity index is 1560. The Balaban J connectivity index is 1.08. The summed E-state index contributed by atoms with van der Waals surface area (Å²) in [5.74, 6) is -0.726. The van der Waals surface area contributed by atoms with Crippen LogP contribution in [0.1, 0.15) is 92.6 Å². The van der Waals surface area contributed by atoms with Crippen LogP contribution in [0, 0.1) is 0 Å². The molecule has 0 radical (unpaired) electrons. The zero-order valence-corrected chi connectivity index (χ0v) is 30.5. The molecule has 0 bridgehead atoms. The van der Waals surface area contributed by atoms with Crippen molar-refractivity contribution in [2.45, 2.75) is 102 Å². The number of fused-ring (bicyclic) bond motifs is 1. The molecule has 5 amide bonds. The van der Waals surface area contributed by atoms with Gasteiger partial charge in [0.2, 0.25) is 17.7 Å². The standard InChI is InChI=1S/C40H54N6O6/c1-2-52-39(50)30-13-15-32(16-14-30)41-40(51)42-35(38(49)45-25-17-33(18-26-45)43-21-6-3-7-22-43)27-37(48)44-23-19-34(20-24-44)46-28-31-10-5-4-9-29(31)11-8-12-36(46)47/h4-5,9-10,13-16,33-35H,2-3,6-8,11-12,17-28H2,1H3,(H2,41,42,51)/t35-/m0/s1. The molecule has 0 spiro atoms. The predicted octanol–water partition coefficient (Wildman–Crippen LogP) is 4.58. The van der Waals surface area contributed by atoms with Gasteiger partial charge in [0.15, 0.2) is 0 Å². The lowest BCUT2D eigenvalue weighted by Gasteiger charge is -2.41. The number of urea groups is 1. The highest BCUT2D eigenvalue weighted by molar-refractivity contribution is 5.96. The summed E-state index contributed by atoms with van der Waals surface area (Å²) >= 11 is 0. The van der Waals surface area contributed by atoms with Crippen molar-refractivity contribution in [3.63, 3.8) is 0 Å². The van der Waals surface area contributed by atoms with E-state index >= 15 is 0 Å². The predicted molar refractivity (Wildman–Crippen MR) is 198 cm³/mol. The summed E-state index contributed by atoms with van der Waals surface area (Å²) in [6.45, 7) is 6.93. The number of esters is 1. The quantitative estimate of drug-likeness (QED) is 0.364. The summed E-state index contributed by atoms with van der Waals surface area (Å²) in [4.78, 5) is 74.5. The van der Waals surface area contributed by atoms with Gasteiger partial charge in [-0.3, -0.25) is 14.4 Å². The molecule has 2 aromatic rings. The van der Waals surface area contributed by atoms with Crippen LogP contribution in [0.15, 0.2) is 48.5 Å². The molecule has 2 aromatic carbocycles. The first-order chi connectivity index (χ1) is 25.3. The molecule has 0 aliphatic carbocycles. The maximum absolute atomic E-state index is 14.0. The van der Waals surface area contributed by atoms with Gasteiger partial charge < -0.3 is 35.0 Å². The van der Waals surface area contributed by atoms with Crippen molar-refractivity contribution in [1.82, 2.24) is 24.9 Å². The van der Waals surface area contributed by atoms with Crippen molar-refractivity contribution in [3.8, 4) is 0 Å². The Morgan fingerprint density at radius 3 is 2.12 bits per heavy atom.